The van der Waals surface area contributed by atoms with Gasteiger partial charge in [0.05, 0.1) is 5.41 Å². The number of anilines is 1. The predicted molar refractivity (Wildman–Crippen MR) is 174 cm³/mol. The number of hydrogen-bond donors (Lipinski definition) is 1. The number of carbonyl (C=O) groups excluding carboxylic acids is 1. The fourth-order valence-electron chi connectivity index (χ4n) is 6.69. The van der Waals surface area contributed by atoms with E-state index in [-0.39, 0.29) is 29.1 Å². The van der Waals surface area contributed by atoms with Crippen molar-refractivity contribution in [1.29, 1.82) is 0 Å². The van der Waals surface area contributed by atoms with Gasteiger partial charge in [0, 0.05) is 65.8 Å². The quantitative estimate of drug-likeness (QED) is 0.0846. The van der Waals surface area contributed by atoms with Crippen molar-refractivity contribution >= 4 is 23.0 Å². The number of amides is 1. The first-order chi connectivity index (χ1) is 20.2. The van der Waals surface area contributed by atoms with Gasteiger partial charge in [-0.25, -0.2) is 0 Å². The highest BCUT2D eigenvalue weighted by atomic mass is 35.5. The van der Waals surface area contributed by atoms with Crippen molar-refractivity contribution in [1.82, 2.24) is 5.32 Å². The maximum absolute atomic E-state index is 12.1. The second-order valence-corrected chi connectivity index (χ2v) is 12.5. The Labute approximate surface area is 263 Å². The average Bonchev–Trinajstić information content (AvgIpc) is 3.31. The Morgan fingerprint density at radius 2 is 1.74 bits per heavy atom. The highest BCUT2D eigenvalue weighted by molar-refractivity contribution is 6.03. The van der Waals surface area contributed by atoms with Gasteiger partial charge in [-0.2, -0.15) is 4.58 Å². The monoisotopic (exact) mass is 602 g/mol. The molecule has 2 heterocycles. The fraction of sp³-hybridized carbons (Fsp3) is 0.486. The summed E-state index contributed by atoms with van der Waals surface area (Å²) in [6.45, 7) is 11.3. The number of halogens is 1. The van der Waals surface area contributed by atoms with Crippen LogP contribution in [0.4, 0.5) is 11.4 Å². The number of allylic oxidation sites excluding steroid dienone is 3. The maximum Gasteiger partial charge on any atom is 0.219 e. The maximum atomic E-state index is 12.1. The molecule has 2 aliphatic heterocycles. The number of para-hydroxylation sites is 2. The number of nitrogens with zero attached hydrogens (tertiary/aromatic N) is 5. The molecule has 1 amide bonds. The van der Waals surface area contributed by atoms with E-state index in [1.807, 2.05) is 0 Å². The molecule has 2 aliphatic rings. The van der Waals surface area contributed by atoms with Crippen molar-refractivity contribution in [2.24, 2.45) is 5.11 Å². The molecule has 1 atom stereocenters. The van der Waals surface area contributed by atoms with Gasteiger partial charge in [-0.15, -0.1) is 0 Å². The molecule has 43 heavy (non-hydrogen) atoms. The topological polar surface area (TPSA) is 84.1 Å². The molecule has 0 aliphatic carbocycles. The van der Waals surface area contributed by atoms with Crippen molar-refractivity contribution in [3.63, 3.8) is 0 Å². The minimum Gasteiger partial charge on any atom is -1.00 e. The number of carbonyl (C=O) groups is 1. The summed E-state index contributed by atoms with van der Waals surface area (Å²) in [5, 5.41) is 6.42. The molecule has 0 aromatic heterocycles. The molecule has 7 nitrogen and oxygen atoms in total. The molecule has 230 valence electrons. The van der Waals surface area contributed by atoms with E-state index in [2.05, 4.69) is 132 Å². The molecular formula is C35H47ClN6O. The molecule has 0 radical (unpaired) electrons. The molecule has 1 N–H and O–H groups in total. The van der Waals surface area contributed by atoms with E-state index in [1.54, 1.807) is 0 Å². The van der Waals surface area contributed by atoms with Crippen molar-refractivity contribution in [2.45, 2.75) is 83.1 Å². The number of unbranched alkanes of at least 4 members (excludes halogenated alkanes) is 2. The van der Waals surface area contributed by atoms with Crippen LogP contribution in [0.25, 0.3) is 10.4 Å². The van der Waals surface area contributed by atoms with Gasteiger partial charge in [0.15, 0.2) is 5.71 Å². The molecule has 0 saturated heterocycles. The van der Waals surface area contributed by atoms with Gasteiger partial charge < -0.3 is 22.6 Å². The summed E-state index contributed by atoms with van der Waals surface area (Å²) >= 11 is 0. The Morgan fingerprint density at radius 1 is 1.02 bits per heavy atom. The van der Waals surface area contributed by atoms with Crippen LogP contribution < -0.4 is 22.6 Å². The Kier molecular flexibility index (Phi) is 12.1. The van der Waals surface area contributed by atoms with E-state index in [0.717, 1.165) is 32.2 Å². The molecule has 0 fully saturated rings. The van der Waals surface area contributed by atoms with Gasteiger partial charge >= 0.3 is 0 Å². The van der Waals surface area contributed by atoms with Crippen molar-refractivity contribution in [2.75, 3.05) is 31.6 Å². The second-order valence-electron chi connectivity index (χ2n) is 12.5. The molecule has 4 rings (SSSR count). The number of hydrogen-bond acceptors (Lipinski definition) is 3. The number of azide groups is 1. The van der Waals surface area contributed by atoms with E-state index in [0.29, 0.717) is 32.0 Å². The predicted octanol–water partition coefficient (Wildman–Crippen LogP) is 4.74. The summed E-state index contributed by atoms with van der Waals surface area (Å²) in [7, 11) is 2.16. The molecule has 2 aromatic rings. The summed E-state index contributed by atoms with van der Waals surface area (Å²) in [4.78, 5) is 17.5. The molecule has 1 unspecified atom stereocenters. The van der Waals surface area contributed by atoms with Gasteiger partial charge in [0.25, 0.3) is 0 Å². The van der Waals surface area contributed by atoms with E-state index in [9.17, 15) is 4.79 Å². The first-order valence-electron chi connectivity index (χ1n) is 15.4. The average molecular weight is 603 g/mol. The van der Waals surface area contributed by atoms with Crippen LogP contribution in [0.3, 0.4) is 0 Å². The summed E-state index contributed by atoms with van der Waals surface area (Å²) in [6.07, 6.45) is 14.1. The number of rotatable bonds is 14. The molecule has 0 spiro atoms. The fourth-order valence-corrected chi connectivity index (χ4v) is 6.69. The van der Waals surface area contributed by atoms with Crippen LogP contribution in [-0.4, -0.2) is 48.9 Å². The minimum atomic E-state index is -0.0185. The number of benzene rings is 2. The summed E-state index contributed by atoms with van der Waals surface area (Å²) in [5.41, 5.74) is 15.1. The molecule has 2 aromatic carbocycles. The standard InChI is InChI=1S/C35H46N6O.ClH/c1-34(2)27-17-11-13-19-29(27)40(5)31(34)21-8-6-9-22-32-35(3,4)28-18-12-14-20-30(28)41(32)26-15-7-10-23-33(42)37-24-16-25-38-39-36;/h6,8-9,11-14,17-21,32H,7,10,15-16,22-26H2,1-5H3;1H/b9-6+,21-8+;. The van der Waals surface area contributed by atoms with Gasteiger partial charge in [-0.3, -0.25) is 4.79 Å². The smallest absolute Gasteiger partial charge is 0.219 e. The first-order valence-corrected chi connectivity index (χ1v) is 15.4. The largest absolute Gasteiger partial charge is 1.00 e. The van der Waals surface area contributed by atoms with Crippen LogP contribution in [-0.2, 0) is 15.6 Å². The van der Waals surface area contributed by atoms with Crippen LogP contribution in [0.5, 0.6) is 0 Å². The molecular weight excluding hydrogens is 556 g/mol. The first kappa shape index (κ1) is 34.0. The van der Waals surface area contributed by atoms with Crippen LogP contribution in [0.2, 0.25) is 0 Å². The lowest BCUT2D eigenvalue weighted by Gasteiger charge is -2.34. The van der Waals surface area contributed by atoms with Crippen molar-refractivity contribution < 1.29 is 21.8 Å². The summed E-state index contributed by atoms with van der Waals surface area (Å²) in [5.74, 6) is 0.0777. The van der Waals surface area contributed by atoms with Gasteiger partial charge in [-0.05, 0) is 56.7 Å². The Morgan fingerprint density at radius 3 is 2.49 bits per heavy atom. The van der Waals surface area contributed by atoms with Crippen molar-refractivity contribution in [3.8, 4) is 0 Å². The van der Waals surface area contributed by atoms with E-state index in [1.165, 1.54) is 28.2 Å². The third-order valence-corrected chi connectivity index (χ3v) is 9.04. The lowest BCUT2D eigenvalue weighted by atomic mass is 9.79. The zero-order chi connectivity index (χ0) is 30.2. The third-order valence-electron chi connectivity index (χ3n) is 9.04. The lowest BCUT2D eigenvalue weighted by Crippen LogP contribution is -3.00. The Bertz CT molecular complexity index is 1400. The third kappa shape index (κ3) is 7.70. The Hall–Kier alpha value is -3.54. The summed E-state index contributed by atoms with van der Waals surface area (Å²) in [6, 6.07) is 17.9. The van der Waals surface area contributed by atoms with E-state index in [4.69, 9.17) is 5.53 Å². The van der Waals surface area contributed by atoms with Crippen LogP contribution in [0.1, 0.15) is 77.3 Å². The Balaban J connectivity index is 0.00000506. The zero-order valence-corrected chi connectivity index (χ0v) is 27.1. The molecule has 0 saturated carbocycles. The van der Waals surface area contributed by atoms with Crippen LogP contribution in [0, 0.1) is 0 Å². The highest BCUT2D eigenvalue weighted by Crippen LogP contribution is 2.46. The van der Waals surface area contributed by atoms with Crippen molar-refractivity contribution in [3.05, 3.63) is 94.4 Å². The minimum absolute atomic E-state index is 0. The second kappa shape index (κ2) is 15.3. The van der Waals surface area contributed by atoms with Crippen LogP contribution >= 0.6 is 0 Å². The number of nitrogens with one attached hydrogen (secondary N) is 1. The van der Waals surface area contributed by atoms with Gasteiger partial charge in [0.1, 0.15) is 7.05 Å². The van der Waals surface area contributed by atoms with E-state index < -0.39 is 0 Å². The molecule has 0 bridgehead atoms. The van der Waals surface area contributed by atoms with Gasteiger partial charge in [0.2, 0.25) is 11.6 Å². The molecule has 8 heteroatoms. The van der Waals surface area contributed by atoms with Gasteiger partial charge in [-0.1, -0.05) is 80.0 Å². The normalized spacial score (nSPS) is 18.0. The lowest BCUT2D eigenvalue weighted by molar-refractivity contribution is -0.401. The van der Waals surface area contributed by atoms with Crippen LogP contribution in [0.15, 0.2) is 77.9 Å². The SMILES string of the molecule is C[N+]1=C(/C=C/C=C/CC2N(CCCCCC(=O)NCCCN=[N+]=[N-])c3ccccc3C2(C)C)C(C)(C)c2ccccc21.[Cl-]. The van der Waals surface area contributed by atoms with E-state index >= 15 is 0 Å². The summed E-state index contributed by atoms with van der Waals surface area (Å²) < 4.78 is 2.31. The number of fused-ring (bicyclic) bond motifs is 2. The zero-order valence-electron chi connectivity index (χ0n) is 26.4. The highest BCUT2D eigenvalue weighted by Gasteiger charge is 2.44.